The predicted octanol–water partition coefficient (Wildman–Crippen LogP) is 2.69. The average molecular weight is 220 g/mol. The molecule has 4 nitrogen and oxygen atoms in total. The highest BCUT2D eigenvalue weighted by atomic mass is 14.9. The second kappa shape index (κ2) is 7.98. The van der Waals surface area contributed by atoms with E-state index >= 15 is 0 Å². The van der Waals surface area contributed by atoms with Gasteiger partial charge in [0.2, 0.25) is 0 Å². The van der Waals surface area contributed by atoms with Crippen LogP contribution in [-0.4, -0.2) is 37.2 Å². The molecule has 0 amide bonds. The topological polar surface area (TPSA) is 49.4 Å². The minimum Gasteiger partial charge on any atom is -0.226 e. The molecule has 1 saturated carbocycles. The van der Waals surface area contributed by atoms with Crippen molar-refractivity contribution in [2.45, 2.75) is 51.6 Å². The average Bonchev–Trinajstić information content (AvgIpc) is 2.32. The summed E-state index contributed by atoms with van der Waals surface area (Å²) in [6.45, 7) is 5.43. The normalized spacial score (nSPS) is 23.9. The summed E-state index contributed by atoms with van der Waals surface area (Å²) in [6.07, 6.45) is 4.60. The van der Waals surface area contributed by atoms with Gasteiger partial charge in [0.05, 0.1) is 24.1 Å². The molecule has 1 aliphatic rings. The van der Waals surface area contributed by atoms with Crippen molar-refractivity contribution in [1.82, 2.24) is 0 Å². The van der Waals surface area contributed by atoms with E-state index in [1.54, 1.807) is 0 Å². The highest BCUT2D eigenvalue weighted by Crippen LogP contribution is 2.23. The fourth-order valence-electron chi connectivity index (χ4n) is 1.76. The number of hydrogen-bond donors (Lipinski definition) is 0. The van der Waals surface area contributed by atoms with Crippen LogP contribution >= 0.6 is 0 Å². The highest BCUT2D eigenvalue weighted by molar-refractivity contribution is 5.43. The Bertz CT molecular complexity index is 277. The van der Waals surface area contributed by atoms with Crippen molar-refractivity contribution >= 4 is 12.0 Å². The summed E-state index contributed by atoms with van der Waals surface area (Å²) in [6, 6.07) is 5.96. The smallest absolute Gasteiger partial charge is 0.0896 e. The molecule has 16 heavy (non-hydrogen) atoms. The SMILES string of the molecule is CCN=C=NC1CCCCC1N=C=NCC. The van der Waals surface area contributed by atoms with Crippen LogP contribution in [0, 0.1) is 0 Å². The van der Waals surface area contributed by atoms with Crippen molar-refractivity contribution in [3.8, 4) is 0 Å². The molecule has 0 spiro atoms. The lowest BCUT2D eigenvalue weighted by Crippen LogP contribution is -2.26. The van der Waals surface area contributed by atoms with E-state index in [0.29, 0.717) is 0 Å². The van der Waals surface area contributed by atoms with E-state index in [2.05, 4.69) is 32.0 Å². The lowest BCUT2D eigenvalue weighted by atomic mass is 9.91. The molecule has 0 N–H and O–H groups in total. The summed E-state index contributed by atoms with van der Waals surface area (Å²) in [4.78, 5) is 16.7. The standard InChI is InChI=1S/C12H20N4/c1-3-13-9-15-11-7-5-6-8-12(11)16-10-14-4-2/h11-12H,3-8H2,1-2H3. The molecule has 1 rings (SSSR count). The van der Waals surface area contributed by atoms with E-state index < -0.39 is 0 Å². The molecule has 0 aromatic rings. The first kappa shape index (κ1) is 12.8. The maximum atomic E-state index is 4.34. The Morgan fingerprint density at radius 2 is 1.31 bits per heavy atom. The van der Waals surface area contributed by atoms with Crippen LogP contribution in [0.3, 0.4) is 0 Å². The van der Waals surface area contributed by atoms with Crippen LogP contribution in [-0.2, 0) is 0 Å². The Morgan fingerprint density at radius 3 is 1.69 bits per heavy atom. The number of nitrogens with zero attached hydrogens (tertiary/aromatic N) is 4. The summed E-state index contributed by atoms with van der Waals surface area (Å²) < 4.78 is 0. The van der Waals surface area contributed by atoms with Crippen LogP contribution in [0.2, 0.25) is 0 Å². The third kappa shape index (κ3) is 4.52. The van der Waals surface area contributed by atoms with Crippen LogP contribution in [0.4, 0.5) is 0 Å². The Kier molecular flexibility index (Phi) is 6.39. The highest BCUT2D eigenvalue weighted by Gasteiger charge is 2.23. The van der Waals surface area contributed by atoms with Crippen LogP contribution < -0.4 is 0 Å². The molecule has 0 aliphatic heterocycles. The zero-order valence-corrected chi connectivity index (χ0v) is 10.2. The minimum atomic E-state index is 0.226. The van der Waals surface area contributed by atoms with Crippen molar-refractivity contribution in [3.63, 3.8) is 0 Å². The fraction of sp³-hybridized carbons (Fsp3) is 0.833. The second-order valence-corrected chi connectivity index (χ2v) is 3.83. The molecule has 2 atom stereocenters. The second-order valence-electron chi connectivity index (χ2n) is 3.83. The molecule has 0 aromatic carbocycles. The first-order valence-electron chi connectivity index (χ1n) is 6.11. The van der Waals surface area contributed by atoms with Crippen LogP contribution in [0.5, 0.6) is 0 Å². The molecular formula is C12H20N4. The Morgan fingerprint density at radius 1 is 0.875 bits per heavy atom. The van der Waals surface area contributed by atoms with Crippen molar-refractivity contribution < 1.29 is 0 Å². The van der Waals surface area contributed by atoms with Crippen LogP contribution in [0.15, 0.2) is 20.0 Å². The molecular weight excluding hydrogens is 200 g/mol. The third-order valence-corrected chi connectivity index (χ3v) is 2.60. The van der Waals surface area contributed by atoms with Gasteiger partial charge in [-0.2, -0.15) is 0 Å². The maximum Gasteiger partial charge on any atom is 0.0896 e. The first-order valence-corrected chi connectivity index (χ1v) is 6.11. The van der Waals surface area contributed by atoms with Gasteiger partial charge in [-0.3, -0.25) is 0 Å². The van der Waals surface area contributed by atoms with E-state index in [1.165, 1.54) is 12.8 Å². The predicted molar refractivity (Wildman–Crippen MR) is 66.9 cm³/mol. The van der Waals surface area contributed by atoms with Gasteiger partial charge < -0.3 is 0 Å². The van der Waals surface area contributed by atoms with Gasteiger partial charge in [-0.05, 0) is 26.7 Å². The zero-order chi connectivity index (χ0) is 11.6. The Labute approximate surface area is 97.3 Å². The van der Waals surface area contributed by atoms with Gasteiger partial charge in [0.15, 0.2) is 0 Å². The summed E-state index contributed by atoms with van der Waals surface area (Å²) in [5.41, 5.74) is 0. The lowest BCUT2D eigenvalue weighted by molar-refractivity contribution is 0.390. The molecule has 0 saturated heterocycles. The molecule has 4 heteroatoms. The van der Waals surface area contributed by atoms with Gasteiger partial charge in [-0.1, -0.05) is 12.8 Å². The minimum absolute atomic E-state index is 0.226. The summed E-state index contributed by atoms with van der Waals surface area (Å²) in [7, 11) is 0. The summed E-state index contributed by atoms with van der Waals surface area (Å²) >= 11 is 0. The largest absolute Gasteiger partial charge is 0.226 e. The molecule has 1 aliphatic carbocycles. The van der Waals surface area contributed by atoms with Gasteiger partial charge >= 0.3 is 0 Å². The molecule has 0 bridgehead atoms. The summed E-state index contributed by atoms with van der Waals surface area (Å²) in [5, 5.41) is 0. The van der Waals surface area contributed by atoms with Crippen molar-refractivity contribution in [3.05, 3.63) is 0 Å². The zero-order valence-electron chi connectivity index (χ0n) is 10.2. The van der Waals surface area contributed by atoms with Gasteiger partial charge in [0, 0.05) is 13.1 Å². The van der Waals surface area contributed by atoms with Gasteiger partial charge in [0.1, 0.15) is 0 Å². The van der Waals surface area contributed by atoms with Crippen molar-refractivity contribution in [2.75, 3.05) is 13.1 Å². The van der Waals surface area contributed by atoms with Gasteiger partial charge in [-0.25, -0.2) is 20.0 Å². The van der Waals surface area contributed by atoms with Gasteiger partial charge in [-0.15, -0.1) is 0 Å². The monoisotopic (exact) mass is 220 g/mol. The molecule has 2 unspecified atom stereocenters. The van der Waals surface area contributed by atoms with E-state index in [4.69, 9.17) is 0 Å². The van der Waals surface area contributed by atoms with Crippen molar-refractivity contribution in [1.29, 1.82) is 0 Å². The van der Waals surface area contributed by atoms with Crippen LogP contribution in [0.1, 0.15) is 39.5 Å². The summed E-state index contributed by atoms with van der Waals surface area (Å²) in [5.74, 6) is 0. The molecule has 0 heterocycles. The van der Waals surface area contributed by atoms with E-state index in [1.807, 2.05) is 13.8 Å². The van der Waals surface area contributed by atoms with E-state index in [9.17, 15) is 0 Å². The van der Waals surface area contributed by atoms with Crippen molar-refractivity contribution in [2.24, 2.45) is 20.0 Å². The van der Waals surface area contributed by atoms with E-state index in [-0.39, 0.29) is 12.1 Å². The Balaban J connectivity index is 2.63. The maximum absolute atomic E-state index is 4.34. The molecule has 1 fully saturated rings. The third-order valence-electron chi connectivity index (χ3n) is 2.60. The Hall–Kier alpha value is -1.24. The molecule has 0 aromatic heterocycles. The number of aliphatic imine (C=N–C) groups is 4. The quantitative estimate of drug-likeness (QED) is 0.654. The lowest BCUT2D eigenvalue weighted by Gasteiger charge is -2.23. The molecule has 0 radical (unpaired) electrons. The van der Waals surface area contributed by atoms with Crippen LogP contribution in [0.25, 0.3) is 0 Å². The number of hydrogen-bond acceptors (Lipinski definition) is 4. The number of rotatable bonds is 4. The van der Waals surface area contributed by atoms with E-state index in [0.717, 1.165) is 25.9 Å². The van der Waals surface area contributed by atoms with Gasteiger partial charge in [0.25, 0.3) is 0 Å². The molecule has 88 valence electrons. The first-order chi connectivity index (χ1) is 7.88. The fourth-order valence-corrected chi connectivity index (χ4v) is 1.76.